The standard InChI is InChI=1S/C11H12BrNO3/c12-7-11(4-5-11)8-16-10-3-1-2-9(6-10)13(14)15/h1-3,6H,4-5,7-8H2. The molecular formula is C11H12BrNO3. The third kappa shape index (κ3) is 2.52. The summed E-state index contributed by atoms with van der Waals surface area (Å²) in [5, 5.41) is 11.5. The van der Waals surface area contributed by atoms with E-state index in [1.807, 2.05) is 0 Å². The molecule has 4 nitrogen and oxygen atoms in total. The van der Waals surface area contributed by atoms with E-state index >= 15 is 0 Å². The number of nitro benzene ring substituents is 1. The monoisotopic (exact) mass is 285 g/mol. The van der Waals surface area contributed by atoms with Crippen LogP contribution in [0.25, 0.3) is 0 Å². The van der Waals surface area contributed by atoms with Crippen LogP contribution in [0.15, 0.2) is 24.3 Å². The van der Waals surface area contributed by atoms with Gasteiger partial charge in [0.05, 0.1) is 17.6 Å². The maximum Gasteiger partial charge on any atom is 0.273 e. The summed E-state index contributed by atoms with van der Waals surface area (Å²) in [6.45, 7) is 0.624. The molecule has 1 saturated carbocycles. The van der Waals surface area contributed by atoms with E-state index in [-0.39, 0.29) is 11.1 Å². The topological polar surface area (TPSA) is 52.4 Å². The molecule has 5 heteroatoms. The Hall–Kier alpha value is -1.10. The third-order valence-corrected chi connectivity index (χ3v) is 4.00. The Kier molecular flexibility index (Phi) is 3.14. The quantitative estimate of drug-likeness (QED) is 0.474. The summed E-state index contributed by atoms with van der Waals surface area (Å²) >= 11 is 3.46. The highest BCUT2D eigenvalue weighted by Crippen LogP contribution is 2.47. The lowest BCUT2D eigenvalue weighted by Gasteiger charge is -2.12. The van der Waals surface area contributed by atoms with Gasteiger partial charge in [-0.2, -0.15) is 0 Å². The third-order valence-electron chi connectivity index (χ3n) is 2.81. The van der Waals surface area contributed by atoms with Crippen molar-refractivity contribution in [1.29, 1.82) is 0 Å². The summed E-state index contributed by atoms with van der Waals surface area (Å²) in [6.07, 6.45) is 2.32. The fourth-order valence-corrected chi connectivity index (χ4v) is 2.14. The van der Waals surface area contributed by atoms with Crippen molar-refractivity contribution in [2.24, 2.45) is 5.41 Å². The molecule has 0 unspecified atom stereocenters. The van der Waals surface area contributed by atoms with E-state index in [1.165, 1.54) is 12.1 Å². The van der Waals surface area contributed by atoms with Gasteiger partial charge in [0.2, 0.25) is 0 Å². The molecule has 0 N–H and O–H groups in total. The van der Waals surface area contributed by atoms with Crippen LogP contribution in [0.1, 0.15) is 12.8 Å². The normalized spacial score (nSPS) is 16.8. The zero-order chi connectivity index (χ0) is 11.6. The van der Waals surface area contributed by atoms with E-state index in [1.54, 1.807) is 12.1 Å². The number of alkyl halides is 1. The van der Waals surface area contributed by atoms with Gasteiger partial charge in [-0.05, 0) is 18.9 Å². The summed E-state index contributed by atoms with van der Waals surface area (Å²) in [5.41, 5.74) is 0.325. The van der Waals surface area contributed by atoms with Gasteiger partial charge in [0.1, 0.15) is 5.75 Å². The second-order valence-corrected chi connectivity index (χ2v) is 4.74. The number of hydrogen-bond donors (Lipinski definition) is 0. The number of nitrogens with zero attached hydrogens (tertiary/aromatic N) is 1. The molecule has 2 rings (SSSR count). The largest absolute Gasteiger partial charge is 0.493 e. The second-order valence-electron chi connectivity index (χ2n) is 4.18. The summed E-state index contributed by atoms with van der Waals surface area (Å²) in [6, 6.07) is 6.31. The molecule has 0 amide bonds. The van der Waals surface area contributed by atoms with Crippen LogP contribution in [-0.4, -0.2) is 16.9 Å². The summed E-state index contributed by atoms with van der Waals surface area (Å²) < 4.78 is 5.58. The van der Waals surface area contributed by atoms with E-state index in [9.17, 15) is 10.1 Å². The van der Waals surface area contributed by atoms with Crippen LogP contribution >= 0.6 is 15.9 Å². The zero-order valence-corrected chi connectivity index (χ0v) is 10.3. The molecule has 0 aliphatic heterocycles. The molecule has 1 aliphatic rings. The van der Waals surface area contributed by atoms with Gasteiger partial charge < -0.3 is 4.74 Å². The van der Waals surface area contributed by atoms with Crippen LogP contribution in [-0.2, 0) is 0 Å². The molecular weight excluding hydrogens is 274 g/mol. The second kappa shape index (κ2) is 4.41. The molecule has 0 atom stereocenters. The molecule has 0 aromatic heterocycles. The van der Waals surface area contributed by atoms with Crippen LogP contribution in [0.4, 0.5) is 5.69 Å². The van der Waals surface area contributed by atoms with Gasteiger partial charge in [0, 0.05) is 16.8 Å². The van der Waals surface area contributed by atoms with Crippen molar-refractivity contribution in [2.45, 2.75) is 12.8 Å². The fourth-order valence-electron chi connectivity index (χ4n) is 1.42. The molecule has 86 valence electrons. The highest BCUT2D eigenvalue weighted by molar-refractivity contribution is 9.09. The number of ether oxygens (including phenoxy) is 1. The van der Waals surface area contributed by atoms with Crippen LogP contribution in [0, 0.1) is 15.5 Å². The first-order valence-corrected chi connectivity index (χ1v) is 6.21. The average molecular weight is 286 g/mol. The van der Waals surface area contributed by atoms with Crippen molar-refractivity contribution in [2.75, 3.05) is 11.9 Å². The summed E-state index contributed by atoms with van der Waals surface area (Å²) in [4.78, 5) is 10.2. The highest BCUT2D eigenvalue weighted by atomic mass is 79.9. The Balaban J connectivity index is 1.99. The maximum absolute atomic E-state index is 10.6. The fraction of sp³-hybridized carbons (Fsp3) is 0.455. The first-order valence-electron chi connectivity index (χ1n) is 5.08. The van der Waals surface area contributed by atoms with Crippen LogP contribution < -0.4 is 4.74 Å². The van der Waals surface area contributed by atoms with Crippen molar-refractivity contribution in [1.82, 2.24) is 0 Å². The van der Waals surface area contributed by atoms with Gasteiger partial charge in [-0.25, -0.2) is 0 Å². The molecule has 0 heterocycles. The predicted molar refractivity (Wildman–Crippen MR) is 64.1 cm³/mol. The number of halogens is 1. The van der Waals surface area contributed by atoms with Crippen LogP contribution in [0.2, 0.25) is 0 Å². The summed E-state index contributed by atoms with van der Waals surface area (Å²) in [5.74, 6) is 0.571. The zero-order valence-electron chi connectivity index (χ0n) is 8.69. The van der Waals surface area contributed by atoms with Crippen molar-refractivity contribution in [3.8, 4) is 5.75 Å². The van der Waals surface area contributed by atoms with E-state index in [0.717, 1.165) is 18.2 Å². The van der Waals surface area contributed by atoms with E-state index < -0.39 is 4.92 Å². The Bertz CT molecular complexity index is 404. The number of hydrogen-bond acceptors (Lipinski definition) is 3. The average Bonchev–Trinajstić information content (AvgIpc) is 3.07. The van der Waals surface area contributed by atoms with E-state index in [4.69, 9.17) is 4.74 Å². The lowest BCUT2D eigenvalue weighted by Crippen LogP contribution is -2.14. The first kappa shape index (κ1) is 11.4. The molecule has 0 saturated heterocycles. The molecule has 1 fully saturated rings. The van der Waals surface area contributed by atoms with Gasteiger partial charge in [0.15, 0.2) is 0 Å². The Morgan fingerprint density at radius 2 is 2.25 bits per heavy atom. The first-order chi connectivity index (χ1) is 7.65. The number of rotatable bonds is 5. The number of nitro groups is 1. The Labute approximate surface area is 102 Å². The number of non-ortho nitro benzene ring substituents is 1. The summed E-state index contributed by atoms with van der Waals surface area (Å²) in [7, 11) is 0. The molecule has 1 aromatic carbocycles. The minimum atomic E-state index is -0.412. The van der Waals surface area contributed by atoms with Gasteiger partial charge in [-0.3, -0.25) is 10.1 Å². The van der Waals surface area contributed by atoms with Crippen LogP contribution in [0.3, 0.4) is 0 Å². The lowest BCUT2D eigenvalue weighted by atomic mass is 10.2. The minimum absolute atomic E-state index is 0.0705. The predicted octanol–water partition coefficient (Wildman–Crippen LogP) is 3.15. The van der Waals surface area contributed by atoms with E-state index in [0.29, 0.717) is 12.4 Å². The lowest BCUT2D eigenvalue weighted by molar-refractivity contribution is -0.384. The molecule has 16 heavy (non-hydrogen) atoms. The molecule has 0 radical (unpaired) electrons. The van der Waals surface area contributed by atoms with Gasteiger partial charge >= 0.3 is 0 Å². The SMILES string of the molecule is O=[N+]([O-])c1cccc(OCC2(CBr)CC2)c1. The van der Waals surface area contributed by atoms with Crippen LogP contribution in [0.5, 0.6) is 5.75 Å². The van der Waals surface area contributed by atoms with Gasteiger partial charge in [0.25, 0.3) is 5.69 Å². The minimum Gasteiger partial charge on any atom is -0.493 e. The van der Waals surface area contributed by atoms with Gasteiger partial charge in [-0.15, -0.1) is 0 Å². The van der Waals surface area contributed by atoms with Crippen molar-refractivity contribution in [3.05, 3.63) is 34.4 Å². The maximum atomic E-state index is 10.6. The molecule has 1 aliphatic carbocycles. The van der Waals surface area contributed by atoms with Crippen molar-refractivity contribution in [3.63, 3.8) is 0 Å². The smallest absolute Gasteiger partial charge is 0.273 e. The highest BCUT2D eigenvalue weighted by Gasteiger charge is 2.42. The molecule has 0 spiro atoms. The van der Waals surface area contributed by atoms with E-state index in [2.05, 4.69) is 15.9 Å². The Morgan fingerprint density at radius 1 is 1.50 bits per heavy atom. The van der Waals surface area contributed by atoms with Crippen molar-refractivity contribution >= 4 is 21.6 Å². The van der Waals surface area contributed by atoms with Crippen molar-refractivity contribution < 1.29 is 9.66 Å². The van der Waals surface area contributed by atoms with Gasteiger partial charge in [-0.1, -0.05) is 22.0 Å². The number of benzene rings is 1. The molecule has 0 bridgehead atoms. The Morgan fingerprint density at radius 3 is 2.81 bits per heavy atom. The molecule has 1 aromatic rings.